The number of para-hydroxylation sites is 1. The molecule has 0 fully saturated rings. The minimum Gasteiger partial charge on any atom is -0.361 e. The normalized spacial score (nSPS) is 11.0. The van der Waals surface area contributed by atoms with Gasteiger partial charge in [-0.05, 0) is 31.0 Å². The minimum absolute atomic E-state index is 0.0496. The molecule has 3 aromatic rings. The van der Waals surface area contributed by atoms with E-state index in [0.29, 0.717) is 13.0 Å². The Bertz CT molecular complexity index is 780. The van der Waals surface area contributed by atoms with Crippen molar-refractivity contribution in [2.24, 2.45) is 7.05 Å². The molecule has 0 saturated carbocycles. The zero-order valence-electron chi connectivity index (χ0n) is 12.9. The summed E-state index contributed by atoms with van der Waals surface area (Å²) < 4.78 is 1.81. The van der Waals surface area contributed by atoms with Crippen molar-refractivity contribution in [1.82, 2.24) is 20.1 Å². The highest BCUT2D eigenvalue weighted by molar-refractivity contribution is 5.84. The van der Waals surface area contributed by atoms with Gasteiger partial charge in [0.05, 0.1) is 12.2 Å². The summed E-state index contributed by atoms with van der Waals surface area (Å²) in [6.45, 7) is 2.48. The van der Waals surface area contributed by atoms with Gasteiger partial charge in [-0.15, -0.1) is 0 Å². The molecule has 0 atom stereocenters. The number of amides is 1. The second-order valence-electron chi connectivity index (χ2n) is 5.54. The molecule has 2 aromatic heterocycles. The fourth-order valence-corrected chi connectivity index (χ4v) is 2.59. The van der Waals surface area contributed by atoms with Crippen molar-refractivity contribution in [3.05, 3.63) is 53.5 Å². The lowest BCUT2D eigenvalue weighted by Crippen LogP contribution is -2.23. The first kappa shape index (κ1) is 14.4. The van der Waals surface area contributed by atoms with Crippen LogP contribution in [-0.4, -0.2) is 20.7 Å². The highest BCUT2D eigenvalue weighted by atomic mass is 16.1. The van der Waals surface area contributed by atoms with E-state index in [0.717, 1.165) is 23.3 Å². The number of hydrogen-bond donors (Lipinski definition) is 2. The van der Waals surface area contributed by atoms with Crippen LogP contribution in [0.4, 0.5) is 0 Å². The summed E-state index contributed by atoms with van der Waals surface area (Å²) in [5, 5.41) is 8.45. The molecule has 3 rings (SSSR count). The Morgan fingerprint density at radius 1 is 1.36 bits per heavy atom. The third-order valence-electron chi connectivity index (χ3n) is 3.93. The first-order valence-corrected chi connectivity index (χ1v) is 7.44. The van der Waals surface area contributed by atoms with Crippen molar-refractivity contribution < 1.29 is 4.79 Å². The predicted molar refractivity (Wildman–Crippen MR) is 86.4 cm³/mol. The van der Waals surface area contributed by atoms with E-state index in [9.17, 15) is 4.79 Å². The number of carbonyl (C=O) groups is 1. The second-order valence-corrected chi connectivity index (χ2v) is 5.54. The standard InChI is InChI=1S/C17H20N4O/c1-12-9-14(20-21(12)2)11-19-17(22)8-7-13-10-18-16-6-4-3-5-15(13)16/h3-6,9-10,18H,7-8,11H2,1-2H3,(H,19,22). The molecule has 0 saturated heterocycles. The van der Waals surface area contributed by atoms with Crippen molar-refractivity contribution in [3.63, 3.8) is 0 Å². The van der Waals surface area contributed by atoms with Gasteiger partial charge in [-0.25, -0.2) is 0 Å². The summed E-state index contributed by atoms with van der Waals surface area (Å²) in [4.78, 5) is 15.2. The van der Waals surface area contributed by atoms with Gasteiger partial charge in [0.25, 0.3) is 0 Å². The molecular weight excluding hydrogens is 276 g/mol. The molecule has 1 amide bonds. The first-order chi connectivity index (χ1) is 10.6. The number of carbonyl (C=O) groups excluding carboxylic acids is 1. The largest absolute Gasteiger partial charge is 0.361 e. The van der Waals surface area contributed by atoms with Crippen LogP contribution >= 0.6 is 0 Å². The fraction of sp³-hybridized carbons (Fsp3) is 0.294. The summed E-state index contributed by atoms with van der Waals surface area (Å²) in [5.41, 5.74) is 4.27. The van der Waals surface area contributed by atoms with Gasteiger partial charge in [-0.1, -0.05) is 18.2 Å². The SMILES string of the molecule is Cc1cc(CNC(=O)CCc2c[nH]c3ccccc23)nn1C. The number of aromatic nitrogens is 3. The van der Waals surface area contributed by atoms with E-state index in [2.05, 4.69) is 21.5 Å². The maximum atomic E-state index is 12.0. The Hall–Kier alpha value is -2.56. The van der Waals surface area contributed by atoms with Crippen LogP contribution in [0.2, 0.25) is 0 Å². The summed E-state index contributed by atoms with van der Waals surface area (Å²) in [6, 6.07) is 10.1. The van der Waals surface area contributed by atoms with E-state index in [-0.39, 0.29) is 5.91 Å². The van der Waals surface area contributed by atoms with Gasteiger partial charge in [0.15, 0.2) is 0 Å². The van der Waals surface area contributed by atoms with Crippen LogP contribution in [-0.2, 0) is 24.8 Å². The molecular formula is C17H20N4O. The first-order valence-electron chi connectivity index (χ1n) is 7.44. The Kier molecular flexibility index (Phi) is 3.96. The van der Waals surface area contributed by atoms with E-state index in [1.807, 2.05) is 49.1 Å². The van der Waals surface area contributed by atoms with Gasteiger partial charge in [0.1, 0.15) is 0 Å². The Labute approximate surface area is 129 Å². The van der Waals surface area contributed by atoms with Crippen LogP contribution in [0.25, 0.3) is 10.9 Å². The molecule has 2 heterocycles. The molecule has 1 aromatic carbocycles. The third-order valence-corrected chi connectivity index (χ3v) is 3.93. The Balaban J connectivity index is 1.54. The molecule has 5 heteroatoms. The monoisotopic (exact) mass is 296 g/mol. The number of fused-ring (bicyclic) bond motifs is 1. The molecule has 114 valence electrons. The quantitative estimate of drug-likeness (QED) is 0.759. The fourth-order valence-electron chi connectivity index (χ4n) is 2.59. The van der Waals surface area contributed by atoms with Crippen molar-refractivity contribution in [2.45, 2.75) is 26.3 Å². The molecule has 0 radical (unpaired) electrons. The number of nitrogens with one attached hydrogen (secondary N) is 2. The van der Waals surface area contributed by atoms with Crippen LogP contribution in [0.1, 0.15) is 23.4 Å². The predicted octanol–water partition coefficient (Wildman–Crippen LogP) is 2.46. The van der Waals surface area contributed by atoms with E-state index in [1.54, 1.807) is 0 Å². The summed E-state index contributed by atoms with van der Waals surface area (Å²) >= 11 is 0. The molecule has 0 bridgehead atoms. The molecule has 0 unspecified atom stereocenters. The average Bonchev–Trinajstić information content (AvgIpc) is 3.07. The van der Waals surface area contributed by atoms with E-state index >= 15 is 0 Å². The minimum atomic E-state index is 0.0496. The summed E-state index contributed by atoms with van der Waals surface area (Å²) in [7, 11) is 1.90. The van der Waals surface area contributed by atoms with Crippen LogP contribution in [0.5, 0.6) is 0 Å². The van der Waals surface area contributed by atoms with Gasteiger partial charge in [0, 0.05) is 36.3 Å². The zero-order chi connectivity index (χ0) is 15.5. The number of hydrogen-bond acceptors (Lipinski definition) is 2. The van der Waals surface area contributed by atoms with Gasteiger partial charge >= 0.3 is 0 Å². The summed E-state index contributed by atoms with van der Waals surface area (Å²) in [6.07, 6.45) is 3.20. The van der Waals surface area contributed by atoms with Gasteiger partial charge < -0.3 is 10.3 Å². The van der Waals surface area contributed by atoms with Gasteiger partial charge in [-0.3, -0.25) is 9.48 Å². The number of aromatic amines is 1. The maximum Gasteiger partial charge on any atom is 0.220 e. The summed E-state index contributed by atoms with van der Waals surface area (Å²) in [5.74, 6) is 0.0496. The van der Waals surface area contributed by atoms with Crippen LogP contribution in [0.3, 0.4) is 0 Å². The molecule has 0 aliphatic heterocycles. The van der Waals surface area contributed by atoms with Crippen LogP contribution in [0.15, 0.2) is 36.5 Å². The van der Waals surface area contributed by atoms with E-state index in [1.165, 1.54) is 10.9 Å². The molecule has 0 spiro atoms. The second kappa shape index (κ2) is 6.05. The highest BCUT2D eigenvalue weighted by Gasteiger charge is 2.08. The number of aryl methyl sites for hydroxylation is 3. The topological polar surface area (TPSA) is 62.7 Å². The van der Waals surface area contributed by atoms with E-state index in [4.69, 9.17) is 0 Å². The highest BCUT2D eigenvalue weighted by Crippen LogP contribution is 2.18. The average molecular weight is 296 g/mol. The van der Waals surface area contributed by atoms with Crippen LogP contribution < -0.4 is 5.32 Å². The lowest BCUT2D eigenvalue weighted by Gasteiger charge is -2.03. The number of rotatable bonds is 5. The lowest BCUT2D eigenvalue weighted by atomic mass is 10.1. The smallest absolute Gasteiger partial charge is 0.220 e. The van der Waals surface area contributed by atoms with E-state index < -0.39 is 0 Å². The molecule has 2 N–H and O–H groups in total. The van der Waals surface area contributed by atoms with Crippen molar-refractivity contribution in [1.29, 1.82) is 0 Å². The number of benzene rings is 1. The van der Waals surface area contributed by atoms with Gasteiger partial charge in [0.2, 0.25) is 5.91 Å². The number of nitrogens with zero attached hydrogens (tertiary/aromatic N) is 2. The third kappa shape index (κ3) is 3.03. The maximum absolute atomic E-state index is 12.0. The zero-order valence-corrected chi connectivity index (χ0v) is 12.9. The molecule has 5 nitrogen and oxygen atoms in total. The molecule has 0 aliphatic carbocycles. The van der Waals surface area contributed by atoms with Crippen molar-refractivity contribution >= 4 is 16.8 Å². The van der Waals surface area contributed by atoms with Crippen LogP contribution in [0, 0.1) is 6.92 Å². The molecule has 22 heavy (non-hydrogen) atoms. The van der Waals surface area contributed by atoms with Gasteiger partial charge in [-0.2, -0.15) is 5.10 Å². The Morgan fingerprint density at radius 3 is 2.95 bits per heavy atom. The van der Waals surface area contributed by atoms with Crippen molar-refractivity contribution in [2.75, 3.05) is 0 Å². The van der Waals surface area contributed by atoms with Crippen molar-refractivity contribution in [3.8, 4) is 0 Å². The number of H-pyrrole nitrogens is 1. The lowest BCUT2D eigenvalue weighted by molar-refractivity contribution is -0.121. The molecule has 0 aliphatic rings. The Morgan fingerprint density at radius 2 is 2.18 bits per heavy atom.